The molecular formula is C8H14OS. The van der Waals surface area contributed by atoms with Gasteiger partial charge in [-0.2, -0.15) is 11.8 Å². The Morgan fingerprint density at radius 3 is 3.00 bits per heavy atom. The van der Waals surface area contributed by atoms with E-state index >= 15 is 0 Å². The van der Waals surface area contributed by atoms with E-state index in [2.05, 4.69) is 11.8 Å². The van der Waals surface area contributed by atoms with Gasteiger partial charge in [-0.05, 0) is 12.8 Å². The minimum absolute atomic E-state index is 0.630. The summed E-state index contributed by atoms with van der Waals surface area (Å²) in [5.41, 5.74) is 0. The van der Waals surface area contributed by atoms with Gasteiger partial charge in [0.05, 0.1) is 6.10 Å². The largest absolute Gasteiger partial charge is 0.376 e. The first-order chi connectivity index (χ1) is 4.97. The lowest BCUT2D eigenvalue weighted by atomic mass is 10.1. The second-order valence-corrected chi connectivity index (χ2v) is 4.40. The second kappa shape index (κ2) is 3.14. The van der Waals surface area contributed by atoms with Crippen molar-refractivity contribution in [3.63, 3.8) is 0 Å². The summed E-state index contributed by atoms with van der Waals surface area (Å²) >= 11 is 2.09. The van der Waals surface area contributed by atoms with Crippen molar-refractivity contribution in [2.45, 2.75) is 37.0 Å². The minimum atomic E-state index is 0.630. The van der Waals surface area contributed by atoms with E-state index in [9.17, 15) is 0 Å². The SMILES string of the molecule is C1CCOC2CSC2CC1. The third kappa shape index (κ3) is 1.32. The third-order valence-electron chi connectivity index (χ3n) is 2.35. The Kier molecular flexibility index (Phi) is 2.19. The summed E-state index contributed by atoms with van der Waals surface area (Å²) < 4.78 is 5.66. The molecule has 10 heavy (non-hydrogen) atoms. The van der Waals surface area contributed by atoms with Gasteiger partial charge in [-0.3, -0.25) is 0 Å². The molecule has 0 aromatic carbocycles. The molecule has 0 bridgehead atoms. The van der Waals surface area contributed by atoms with Gasteiger partial charge in [-0.25, -0.2) is 0 Å². The first-order valence-corrected chi connectivity index (χ1v) is 5.25. The lowest BCUT2D eigenvalue weighted by Gasteiger charge is -2.37. The molecular weight excluding hydrogens is 144 g/mol. The standard InChI is InChI=1S/C8H14OS/c1-2-4-8-7(6-10-8)9-5-3-1/h7-8H,1-6H2. The smallest absolute Gasteiger partial charge is 0.0783 e. The highest BCUT2D eigenvalue weighted by molar-refractivity contribution is 8.01. The second-order valence-electron chi connectivity index (χ2n) is 3.13. The zero-order chi connectivity index (χ0) is 6.81. The quantitative estimate of drug-likeness (QED) is 0.533. The van der Waals surface area contributed by atoms with Gasteiger partial charge in [0.1, 0.15) is 0 Å². The Bertz CT molecular complexity index is 102. The number of thioether (sulfide) groups is 1. The van der Waals surface area contributed by atoms with Crippen molar-refractivity contribution in [2.24, 2.45) is 0 Å². The van der Waals surface area contributed by atoms with Crippen molar-refractivity contribution in [3.05, 3.63) is 0 Å². The number of fused-ring (bicyclic) bond motifs is 1. The van der Waals surface area contributed by atoms with E-state index in [1.54, 1.807) is 0 Å². The van der Waals surface area contributed by atoms with Crippen molar-refractivity contribution in [1.29, 1.82) is 0 Å². The number of hydrogen-bond donors (Lipinski definition) is 0. The molecule has 0 aromatic rings. The van der Waals surface area contributed by atoms with Crippen LogP contribution in [0.4, 0.5) is 0 Å². The molecule has 0 N–H and O–H groups in total. The Balaban J connectivity index is 1.83. The molecule has 2 heteroatoms. The normalized spacial score (nSPS) is 40.8. The summed E-state index contributed by atoms with van der Waals surface area (Å²) in [4.78, 5) is 0. The van der Waals surface area contributed by atoms with Crippen molar-refractivity contribution >= 4 is 11.8 Å². The van der Waals surface area contributed by atoms with Gasteiger partial charge >= 0.3 is 0 Å². The Hall–Kier alpha value is 0.310. The van der Waals surface area contributed by atoms with Crippen LogP contribution >= 0.6 is 11.8 Å². The first kappa shape index (κ1) is 6.99. The first-order valence-electron chi connectivity index (χ1n) is 4.20. The topological polar surface area (TPSA) is 9.23 Å². The molecule has 0 saturated carbocycles. The van der Waals surface area contributed by atoms with E-state index in [0.29, 0.717) is 6.10 Å². The highest BCUT2D eigenvalue weighted by Crippen LogP contribution is 2.35. The summed E-state index contributed by atoms with van der Waals surface area (Å²) in [5.74, 6) is 1.25. The van der Waals surface area contributed by atoms with Crippen LogP contribution in [-0.2, 0) is 4.74 Å². The molecule has 2 heterocycles. The third-order valence-corrected chi connectivity index (χ3v) is 3.84. The van der Waals surface area contributed by atoms with E-state index in [-0.39, 0.29) is 0 Å². The van der Waals surface area contributed by atoms with Gasteiger partial charge in [0.15, 0.2) is 0 Å². The lowest BCUT2D eigenvalue weighted by molar-refractivity contribution is 0.0460. The summed E-state index contributed by atoms with van der Waals surface area (Å²) in [5, 5.41) is 0.861. The van der Waals surface area contributed by atoms with Gasteiger partial charge in [-0.15, -0.1) is 0 Å². The molecule has 2 fully saturated rings. The highest BCUT2D eigenvalue weighted by atomic mass is 32.2. The van der Waals surface area contributed by atoms with Crippen molar-refractivity contribution in [1.82, 2.24) is 0 Å². The molecule has 2 aliphatic heterocycles. The average molecular weight is 158 g/mol. The zero-order valence-electron chi connectivity index (χ0n) is 6.21. The Morgan fingerprint density at radius 1 is 1.20 bits per heavy atom. The van der Waals surface area contributed by atoms with Gasteiger partial charge in [0.2, 0.25) is 0 Å². The predicted octanol–water partition coefficient (Wildman–Crippen LogP) is 2.06. The Labute approximate surface area is 66.5 Å². The summed E-state index contributed by atoms with van der Waals surface area (Å²) in [6, 6.07) is 0. The molecule has 2 rings (SSSR count). The van der Waals surface area contributed by atoms with Crippen LogP contribution in [0.25, 0.3) is 0 Å². The maximum Gasteiger partial charge on any atom is 0.0783 e. The maximum absolute atomic E-state index is 5.66. The van der Waals surface area contributed by atoms with E-state index in [1.165, 1.54) is 31.4 Å². The molecule has 0 amide bonds. The van der Waals surface area contributed by atoms with E-state index in [4.69, 9.17) is 4.74 Å². The zero-order valence-corrected chi connectivity index (χ0v) is 7.03. The van der Waals surface area contributed by atoms with Gasteiger partial charge in [-0.1, -0.05) is 12.8 Å². The van der Waals surface area contributed by atoms with Crippen molar-refractivity contribution in [2.75, 3.05) is 12.4 Å². The van der Waals surface area contributed by atoms with E-state index in [1.807, 2.05) is 0 Å². The molecule has 58 valence electrons. The van der Waals surface area contributed by atoms with Crippen LogP contribution in [0.5, 0.6) is 0 Å². The molecule has 0 aromatic heterocycles. The highest BCUT2D eigenvalue weighted by Gasteiger charge is 2.32. The molecule has 2 aliphatic rings. The van der Waals surface area contributed by atoms with Crippen LogP contribution in [-0.4, -0.2) is 23.7 Å². The number of ether oxygens (including phenoxy) is 1. The lowest BCUT2D eigenvalue weighted by Crippen LogP contribution is -2.39. The van der Waals surface area contributed by atoms with Crippen LogP contribution in [0.3, 0.4) is 0 Å². The summed E-state index contributed by atoms with van der Waals surface area (Å²) in [6.45, 7) is 1.02. The monoisotopic (exact) mass is 158 g/mol. The van der Waals surface area contributed by atoms with Crippen LogP contribution < -0.4 is 0 Å². The molecule has 1 nitrogen and oxygen atoms in total. The molecule has 2 atom stereocenters. The minimum Gasteiger partial charge on any atom is -0.376 e. The molecule has 0 aliphatic carbocycles. The molecule has 0 radical (unpaired) electrons. The molecule has 0 spiro atoms. The fourth-order valence-electron chi connectivity index (χ4n) is 1.59. The molecule has 2 unspecified atom stereocenters. The van der Waals surface area contributed by atoms with Crippen LogP contribution in [0, 0.1) is 0 Å². The number of rotatable bonds is 0. The molecule has 2 saturated heterocycles. The summed E-state index contributed by atoms with van der Waals surface area (Å²) in [7, 11) is 0. The van der Waals surface area contributed by atoms with E-state index in [0.717, 1.165) is 11.9 Å². The predicted molar refractivity (Wildman–Crippen MR) is 44.5 cm³/mol. The van der Waals surface area contributed by atoms with Crippen molar-refractivity contribution < 1.29 is 4.74 Å². The van der Waals surface area contributed by atoms with Crippen LogP contribution in [0.1, 0.15) is 25.7 Å². The number of hydrogen-bond acceptors (Lipinski definition) is 2. The van der Waals surface area contributed by atoms with Crippen molar-refractivity contribution in [3.8, 4) is 0 Å². The van der Waals surface area contributed by atoms with Gasteiger partial charge in [0.25, 0.3) is 0 Å². The fourth-order valence-corrected chi connectivity index (χ4v) is 2.72. The average Bonchev–Trinajstić information content (AvgIpc) is 1.89. The van der Waals surface area contributed by atoms with Crippen LogP contribution in [0.15, 0.2) is 0 Å². The van der Waals surface area contributed by atoms with Crippen LogP contribution in [0.2, 0.25) is 0 Å². The summed E-state index contributed by atoms with van der Waals surface area (Å²) in [6.07, 6.45) is 6.12. The van der Waals surface area contributed by atoms with Gasteiger partial charge < -0.3 is 4.74 Å². The van der Waals surface area contributed by atoms with Gasteiger partial charge in [0, 0.05) is 17.6 Å². The van der Waals surface area contributed by atoms with E-state index < -0.39 is 0 Å². The maximum atomic E-state index is 5.66. The Morgan fingerprint density at radius 2 is 2.20 bits per heavy atom. The fraction of sp³-hybridized carbons (Fsp3) is 1.00.